The highest BCUT2D eigenvalue weighted by Crippen LogP contribution is 2.58. The van der Waals surface area contributed by atoms with Crippen LogP contribution in [-0.4, -0.2) is 113 Å². The summed E-state index contributed by atoms with van der Waals surface area (Å²) in [6.45, 7) is 8.83. The zero-order valence-electron chi connectivity index (χ0n) is 35.7. The number of nitrogens with one attached hydrogen (secondary N) is 1. The molecule has 0 amide bonds. The van der Waals surface area contributed by atoms with Crippen LogP contribution in [0.15, 0.2) is 95.0 Å². The quantitative estimate of drug-likeness (QED) is 0.0288. The highest BCUT2D eigenvalue weighted by Gasteiger charge is 2.65. The molecule has 0 saturated carbocycles. The fourth-order valence-corrected chi connectivity index (χ4v) is 11.4. The van der Waals surface area contributed by atoms with Crippen LogP contribution in [0.1, 0.15) is 57.0 Å². The molecular weight excluding hydrogens is 816 g/mol. The van der Waals surface area contributed by atoms with Gasteiger partial charge in [-0.1, -0.05) is 54.6 Å². The number of aliphatic imine (C=N–C) groups is 1. The minimum atomic E-state index is -1.72. The van der Waals surface area contributed by atoms with E-state index in [-0.39, 0.29) is 43.2 Å². The average molecular weight is 869 g/mol. The summed E-state index contributed by atoms with van der Waals surface area (Å²) in [5, 5.41) is 9.48. The van der Waals surface area contributed by atoms with Crippen LogP contribution >= 0.6 is 20.3 Å². The third-order valence-corrected chi connectivity index (χ3v) is 14.5. The molecule has 1 N–H and O–H groups in total. The van der Waals surface area contributed by atoms with Gasteiger partial charge in [0.2, 0.25) is 5.95 Å². The van der Waals surface area contributed by atoms with Gasteiger partial charge in [-0.15, -0.1) is 11.8 Å². The van der Waals surface area contributed by atoms with Crippen molar-refractivity contribution in [3.8, 4) is 17.6 Å². The number of nitriles is 1. The van der Waals surface area contributed by atoms with Crippen molar-refractivity contribution in [2.45, 2.75) is 75.0 Å². The van der Waals surface area contributed by atoms with Gasteiger partial charge in [0.1, 0.15) is 29.3 Å². The number of nitrogens with zero attached hydrogens (tertiary/aromatic N) is 7. The number of H-pyrrole nitrogens is 1. The van der Waals surface area contributed by atoms with E-state index in [2.05, 4.69) is 89.8 Å². The SMILES string of the molecule is COc1ccc(C(SC[C@]23COC(C2OP(OCCC#N)N(C(C)C)C(C)C)[C@H](n2cnc4c(=O)[nH]c(/N=C/N(C)C)nc42)O3)(c2ccccc2)c2ccc(OC)cc2)cc1. The van der Waals surface area contributed by atoms with E-state index in [4.69, 9.17) is 33.0 Å². The number of hydrogen-bond donors (Lipinski definition) is 1. The predicted molar refractivity (Wildman–Crippen MR) is 237 cm³/mol. The van der Waals surface area contributed by atoms with Gasteiger partial charge in [0, 0.05) is 31.9 Å². The summed E-state index contributed by atoms with van der Waals surface area (Å²) >= 11 is 1.72. The maximum Gasteiger partial charge on any atom is 0.280 e. The number of thioether (sulfide) groups is 1. The molecule has 2 saturated heterocycles. The van der Waals surface area contributed by atoms with Crippen molar-refractivity contribution in [2.75, 3.05) is 47.3 Å². The lowest BCUT2D eigenvalue weighted by molar-refractivity contribution is -0.162. The third-order valence-electron chi connectivity index (χ3n) is 10.7. The van der Waals surface area contributed by atoms with Gasteiger partial charge < -0.3 is 32.9 Å². The van der Waals surface area contributed by atoms with Gasteiger partial charge >= 0.3 is 0 Å². The monoisotopic (exact) mass is 868 g/mol. The van der Waals surface area contributed by atoms with Gasteiger partial charge in [0.25, 0.3) is 14.1 Å². The Balaban J connectivity index is 1.37. The molecule has 0 spiro atoms. The van der Waals surface area contributed by atoms with E-state index >= 15 is 0 Å². The minimum absolute atomic E-state index is 0.0562. The van der Waals surface area contributed by atoms with Crippen LogP contribution in [0.5, 0.6) is 11.5 Å². The Kier molecular flexibility index (Phi) is 13.8. The molecule has 7 rings (SSSR count). The lowest BCUT2D eigenvalue weighted by Gasteiger charge is -2.41. The average Bonchev–Trinajstić information content (AvgIpc) is 3.93. The molecule has 2 aliphatic rings. The van der Waals surface area contributed by atoms with Gasteiger partial charge in [-0.3, -0.25) is 14.3 Å². The lowest BCUT2D eigenvalue weighted by Crippen LogP contribution is -2.46. The molecule has 5 aromatic rings. The first-order valence-corrected chi connectivity index (χ1v) is 22.3. The number of rotatable bonds is 19. The number of imidazole rings is 1. The molecule has 2 aromatic heterocycles. The molecule has 17 heteroatoms. The van der Waals surface area contributed by atoms with E-state index in [9.17, 15) is 10.1 Å². The smallest absolute Gasteiger partial charge is 0.280 e. The molecule has 15 nitrogen and oxygen atoms in total. The van der Waals surface area contributed by atoms with Gasteiger partial charge in [-0.2, -0.15) is 10.2 Å². The van der Waals surface area contributed by atoms with Gasteiger partial charge in [0.15, 0.2) is 17.4 Å². The third kappa shape index (κ3) is 8.92. The van der Waals surface area contributed by atoms with Crippen molar-refractivity contribution < 1.29 is 28.0 Å². The molecule has 3 aromatic carbocycles. The molecule has 2 aliphatic heterocycles. The van der Waals surface area contributed by atoms with Crippen molar-refractivity contribution in [1.82, 2.24) is 29.1 Å². The Morgan fingerprint density at radius 3 is 2.21 bits per heavy atom. The molecule has 0 aliphatic carbocycles. The molecule has 2 bridgehead atoms. The summed E-state index contributed by atoms with van der Waals surface area (Å²) in [5.41, 5.74) is 2.06. The van der Waals surface area contributed by atoms with Crippen molar-refractivity contribution >= 4 is 43.7 Å². The van der Waals surface area contributed by atoms with Crippen LogP contribution in [0.4, 0.5) is 5.95 Å². The second-order valence-electron chi connectivity index (χ2n) is 15.6. The lowest BCUT2D eigenvalue weighted by atomic mass is 9.84. The van der Waals surface area contributed by atoms with E-state index in [0.29, 0.717) is 11.4 Å². The van der Waals surface area contributed by atoms with E-state index in [1.54, 1.807) is 48.1 Å². The molecule has 322 valence electrons. The molecule has 4 heterocycles. The number of methoxy groups -OCH3 is 2. The van der Waals surface area contributed by atoms with Crippen LogP contribution < -0.4 is 15.0 Å². The highest BCUT2D eigenvalue weighted by molar-refractivity contribution is 8.00. The molecule has 3 unspecified atom stereocenters. The van der Waals surface area contributed by atoms with Crippen molar-refractivity contribution in [2.24, 2.45) is 4.99 Å². The van der Waals surface area contributed by atoms with Gasteiger partial charge in [0.05, 0.1) is 57.3 Å². The second-order valence-corrected chi connectivity index (χ2v) is 18.2. The Bertz CT molecular complexity index is 2320. The van der Waals surface area contributed by atoms with Crippen LogP contribution in [0.3, 0.4) is 0 Å². The van der Waals surface area contributed by atoms with Crippen LogP contribution in [-0.2, 0) is 23.3 Å². The van der Waals surface area contributed by atoms with Crippen LogP contribution in [0, 0.1) is 11.3 Å². The van der Waals surface area contributed by atoms with Crippen molar-refractivity contribution in [3.05, 3.63) is 112 Å². The fourth-order valence-electron chi connectivity index (χ4n) is 7.90. The van der Waals surface area contributed by atoms with Crippen LogP contribution in [0.2, 0.25) is 0 Å². The number of aromatic nitrogens is 4. The first-order chi connectivity index (χ1) is 29.4. The molecule has 5 atom stereocenters. The summed E-state index contributed by atoms with van der Waals surface area (Å²) < 4.78 is 42.1. The summed E-state index contributed by atoms with van der Waals surface area (Å²) in [6.07, 6.45) is 1.21. The standard InChI is InChI=1S/C44H53N8O7PS/c1-29(2)52(30(3)4)60(57-24-12-23-45)59-38-37-41(51-28-46-36-39(51)48-42(49-40(36)53)47-27-50(5)6)58-43(38,25-56-37)26-61-44(31-13-10-9-11-14-31,32-15-19-34(54-7)20-16-32)33-17-21-35(55-8)22-18-33/h9-11,13-22,27-30,37-38,41H,12,24-26H2,1-8H3,(H,48,49,53)/b47-27+/t37?,38?,41-,43-,60?/m1/s1. The topological polar surface area (TPSA) is 162 Å². The van der Waals surface area contributed by atoms with E-state index < -0.39 is 42.9 Å². The van der Waals surface area contributed by atoms with Gasteiger partial charge in [-0.25, -0.2) is 14.6 Å². The van der Waals surface area contributed by atoms with E-state index in [1.165, 1.54) is 0 Å². The number of benzene rings is 3. The number of aromatic amines is 1. The van der Waals surface area contributed by atoms with E-state index in [1.807, 2.05) is 56.6 Å². The van der Waals surface area contributed by atoms with Crippen molar-refractivity contribution in [1.29, 1.82) is 5.26 Å². The second kappa shape index (κ2) is 19.0. The summed E-state index contributed by atoms with van der Waals surface area (Å²) in [5.74, 6) is 2.00. The van der Waals surface area contributed by atoms with Crippen molar-refractivity contribution in [3.63, 3.8) is 0 Å². The molecule has 2 fully saturated rings. The normalized spacial score (nSPS) is 20.6. The molecule has 0 radical (unpaired) electrons. The summed E-state index contributed by atoms with van der Waals surface area (Å²) in [6, 6.07) is 29.0. The Morgan fingerprint density at radius 1 is 1.02 bits per heavy atom. The maximum absolute atomic E-state index is 13.3. The summed E-state index contributed by atoms with van der Waals surface area (Å²) in [4.78, 5) is 31.3. The Morgan fingerprint density at radius 2 is 1.64 bits per heavy atom. The Labute approximate surface area is 362 Å². The largest absolute Gasteiger partial charge is 0.497 e. The zero-order chi connectivity index (χ0) is 43.3. The van der Waals surface area contributed by atoms with Crippen LogP contribution in [0.25, 0.3) is 11.2 Å². The maximum atomic E-state index is 13.3. The molecular formula is C44H53N8O7PS. The zero-order valence-corrected chi connectivity index (χ0v) is 37.4. The molecule has 61 heavy (non-hydrogen) atoms. The number of fused-ring (bicyclic) bond motifs is 3. The highest BCUT2D eigenvalue weighted by atomic mass is 32.2. The fraction of sp³-hybridized carbons (Fsp3) is 0.432. The predicted octanol–water partition coefficient (Wildman–Crippen LogP) is 7.41. The number of ether oxygens (including phenoxy) is 4. The first kappa shape index (κ1) is 44.2. The number of hydrogen-bond acceptors (Lipinski definition) is 13. The Hall–Kier alpha value is -4.85. The van der Waals surface area contributed by atoms with Gasteiger partial charge in [-0.05, 0) is 68.7 Å². The minimum Gasteiger partial charge on any atom is -0.497 e. The van der Waals surface area contributed by atoms with E-state index in [0.717, 1.165) is 28.2 Å². The summed E-state index contributed by atoms with van der Waals surface area (Å²) in [7, 11) is 5.26. The first-order valence-electron chi connectivity index (χ1n) is 20.1.